The molecule has 1 aromatic heterocycles. The molecule has 10 N–H and O–H groups in total. The molecule has 0 spiro atoms. The summed E-state index contributed by atoms with van der Waals surface area (Å²) in [4.78, 5) is 67.2. The minimum absolute atomic E-state index is 0.0294. The molecule has 190 valence electrons. The van der Waals surface area contributed by atoms with Crippen LogP contribution in [0.2, 0.25) is 0 Å². The van der Waals surface area contributed by atoms with Crippen molar-refractivity contribution in [3.8, 4) is 0 Å². The fourth-order valence-corrected chi connectivity index (χ4v) is 2.93. The van der Waals surface area contributed by atoms with Gasteiger partial charge in [-0.25, -0.2) is 9.78 Å². The zero-order valence-corrected chi connectivity index (χ0v) is 19.3. The number of nitrogens with one attached hydrogen (secondary N) is 4. The van der Waals surface area contributed by atoms with Gasteiger partial charge in [0.2, 0.25) is 23.6 Å². The Balaban J connectivity index is 3.04. The minimum Gasteiger partial charge on any atom is -0.480 e. The molecule has 0 saturated heterocycles. The molecular formula is C20H33N7O7. The van der Waals surface area contributed by atoms with Crippen molar-refractivity contribution in [2.75, 3.05) is 0 Å². The summed E-state index contributed by atoms with van der Waals surface area (Å²) in [5.41, 5.74) is 11.5. The summed E-state index contributed by atoms with van der Waals surface area (Å²) >= 11 is 0. The van der Waals surface area contributed by atoms with Crippen molar-refractivity contribution >= 4 is 29.6 Å². The lowest BCUT2D eigenvalue weighted by atomic mass is 9.98. The third kappa shape index (κ3) is 8.78. The van der Waals surface area contributed by atoms with Crippen molar-refractivity contribution in [3.63, 3.8) is 0 Å². The summed E-state index contributed by atoms with van der Waals surface area (Å²) in [5, 5.41) is 26.1. The smallest absolute Gasteiger partial charge is 0.326 e. The molecule has 0 aromatic carbocycles. The Morgan fingerprint density at radius 1 is 1.06 bits per heavy atom. The standard InChI is InChI=1S/C20H33N7O7/c1-4-9(2)15(22)18(31)25-12(5-11-7-23-8-24-11)17(30)27-16(10(3)28)19(32)26-13(20(33)34)6-14(21)29/h7-10,12-13,15-16,28H,4-6,22H2,1-3H3,(H2,21,29)(H,23,24)(H,25,31)(H,26,32)(H,27,30)(H,33,34). The molecule has 34 heavy (non-hydrogen) atoms. The summed E-state index contributed by atoms with van der Waals surface area (Å²) in [6.07, 6.45) is 1.30. The first-order chi connectivity index (χ1) is 15.9. The first-order valence-corrected chi connectivity index (χ1v) is 10.7. The number of nitrogens with zero attached hydrogens (tertiary/aromatic N) is 1. The van der Waals surface area contributed by atoms with E-state index in [9.17, 15) is 34.2 Å². The molecule has 0 bridgehead atoms. The van der Waals surface area contributed by atoms with E-state index < -0.39 is 66.3 Å². The number of primary amides is 1. The predicted molar refractivity (Wildman–Crippen MR) is 119 cm³/mol. The molecular weight excluding hydrogens is 450 g/mol. The second kappa shape index (κ2) is 13.3. The highest BCUT2D eigenvalue weighted by molar-refractivity contribution is 5.95. The summed E-state index contributed by atoms with van der Waals surface area (Å²) < 4.78 is 0. The fourth-order valence-electron chi connectivity index (χ4n) is 2.93. The first kappa shape index (κ1) is 28.5. The average Bonchev–Trinajstić information content (AvgIpc) is 3.27. The van der Waals surface area contributed by atoms with Gasteiger partial charge in [-0.3, -0.25) is 19.2 Å². The third-order valence-corrected chi connectivity index (χ3v) is 5.25. The van der Waals surface area contributed by atoms with Gasteiger partial charge in [0.1, 0.15) is 18.1 Å². The molecule has 14 heteroatoms. The second-order valence-corrected chi connectivity index (χ2v) is 8.05. The van der Waals surface area contributed by atoms with E-state index in [0.717, 1.165) is 0 Å². The van der Waals surface area contributed by atoms with E-state index in [1.54, 1.807) is 6.92 Å². The number of aromatic amines is 1. The Kier molecular flexibility index (Phi) is 11.1. The van der Waals surface area contributed by atoms with E-state index in [2.05, 4.69) is 25.9 Å². The van der Waals surface area contributed by atoms with Gasteiger partial charge in [0.05, 0.1) is 24.9 Å². The fraction of sp³-hybridized carbons (Fsp3) is 0.600. The zero-order valence-electron chi connectivity index (χ0n) is 19.3. The van der Waals surface area contributed by atoms with Crippen LogP contribution in [-0.2, 0) is 30.4 Å². The molecule has 1 aromatic rings. The van der Waals surface area contributed by atoms with Gasteiger partial charge in [-0.2, -0.15) is 0 Å². The zero-order chi connectivity index (χ0) is 26.0. The van der Waals surface area contributed by atoms with Crippen molar-refractivity contribution in [3.05, 3.63) is 18.2 Å². The number of nitrogens with two attached hydrogens (primary N) is 2. The van der Waals surface area contributed by atoms with Gasteiger partial charge in [0.15, 0.2) is 0 Å². The van der Waals surface area contributed by atoms with E-state index in [0.29, 0.717) is 12.1 Å². The lowest BCUT2D eigenvalue weighted by molar-refractivity contribution is -0.144. The van der Waals surface area contributed by atoms with E-state index in [1.807, 2.05) is 6.92 Å². The summed E-state index contributed by atoms with van der Waals surface area (Å²) in [6.45, 7) is 4.85. The van der Waals surface area contributed by atoms with Crippen LogP contribution in [0.15, 0.2) is 12.5 Å². The Bertz CT molecular complexity index is 859. The van der Waals surface area contributed by atoms with Gasteiger partial charge in [0, 0.05) is 18.3 Å². The molecule has 14 nitrogen and oxygen atoms in total. The number of rotatable bonds is 14. The van der Waals surface area contributed by atoms with Crippen molar-refractivity contribution in [2.45, 2.75) is 70.3 Å². The number of aliphatic hydroxyl groups excluding tert-OH is 1. The topological polar surface area (TPSA) is 243 Å². The van der Waals surface area contributed by atoms with Gasteiger partial charge < -0.3 is 42.6 Å². The minimum atomic E-state index is -1.66. The number of aromatic nitrogens is 2. The van der Waals surface area contributed by atoms with Crippen LogP contribution < -0.4 is 27.4 Å². The molecule has 6 unspecified atom stereocenters. The van der Waals surface area contributed by atoms with Crippen LogP contribution in [0.3, 0.4) is 0 Å². The summed E-state index contributed by atoms with van der Waals surface area (Å²) in [7, 11) is 0. The number of imidazole rings is 1. The van der Waals surface area contributed by atoms with E-state index >= 15 is 0 Å². The molecule has 4 amide bonds. The maximum atomic E-state index is 13.0. The number of amides is 4. The summed E-state index contributed by atoms with van der Waals surface area (Å²) in [5.74, 6) is -5.12. The molecule has 0 aliphatic heterocycles. The van der Waals surface area contributed by atoms with Crippen LogP contribution in [0.1, 0.15) is 39.3 Å². The number of carboxylic acid groups (broad SMARTS) is 1. The Labute approximate surface area is 196 Å². The second-order valence-electron chi connectivity index (χ2n) is 8.05. The lowest BCUT2D eigenvalue weighted by Crippen LogP contribution is -2.60. The Hall–Kier alpha value is -3.52. The highest BCUT2D eigenvalue weighted by Crippen LogP contribution is 2.07. The Morgan fingerprint density at radius 3 is 2.15 bits per heavy atom. The summed E-state index contributed by atoms with van der Waals surface area (Å²) in [6, 6.07) is -5.33. The number of carbonyl (C=O) groups excluding carboxylic acids is 4. The molecule has 0 aliphatic rings. The van der Waals surface area contributed by atoms with Gasteiger partial charge in [-0.1, -0.05) is 20.3 Å². The number of aliphatic carboxylic acids is 1. The number of carbonyl (C=O) groups is 5. The van der Waals surface area contributed by atoms with Gasteiger partial charge >= 0.3 is 5.97 Å². The third-order valence-electron chi connectivity index (χ3n) is 5.25. The highest BCUT2D eigenvalue weighted by atomic mass is 16.4. The largest absolute Gasteiger partial charge is 0.480 e. The van der Waals surface area contributed by atoms with Crippen molar-refractivity contribution < 1.29 is 34.2 Å². The van der Waals surface area contributed by atoms with Crippen molar-refractivity contribution in [1.29, 1.82) is 0 Å². The highest BCUT2D eigenvalue weighted by Gasteiger charge is 2.33. The lowest BCUT2D eigenvalue weighted by Gasteiger charge is -2.27. The van der Waals surface area contributed by atoms with Crippen LogP contribution >= 0.6 is 0 Å². The van der Waals surface area contributed by atoms with Crippen LogP contribution in [0.4, 0.5) is 0 Å². The monoisotopic (exact) mass is 483 g/mol. The van der Waals surface area contributed by atoms with Crippen molar-refractivity contribution in [1.82, 2.24) is 25.9 Å². The van der Waals surface area contributed by atoms with Gasteiger partial charge in [-0.15, -0.1) is 0 Å². The van der Waals surface area contributed by atoms with Crippen LogP contribution in [0, 0.1) is 5.92 Å². The molecule has 0 aliphatic carbocycles. The molecule has 0 saturated carbocycles. The Morgan fingerprint density at radius 2 is 1.68 bits per heavy atom. The number of hydrogen-bond donors (Lipinski definition) is 8. The SMILES string of the molecule is CCC(C)C(N)C(=O)NC(Cc1cnc[nH]1)C(=O)NC(C(=O)NC(CC(N)=O)C(=O)O)C(C)O. The quantitative estimate of drug-likeness (QED) is 0.135. The first-order valence-electron chi connectivity index (χ1n) is 10.7. The van der Waals surface area contributed by atoms with Crippen LogP contribution in [0.5, 0.6) is 0 Å². The molecule has 0 fully saturated rings. The number of carboxylic acids is 1. The van der Waals surface area contributed by atoms with E-state index in [-0.39, 0.29) is 12.3 Å². The molecule has 6 atom stereocenters. The van der Waals surface area contributed by atoms with Gasteiger partial charge in [-0.05, 0) is 12.8 Å². The molecule has 1 rings (SSSR count). The van der Waals surface area contributed by atoms with E-state index in [4.69, 9.17) is 11.5 Å². The molecule has 1 heterocycles. The number of hydrogen-bond acceptors (Lipinski definition) is 8. The maximum absolute atomic E-state index is 13.0. The normalized spacial score (nSPS) is 16.3. The average molecular weight is 484 g/mol. The van der Waals surface area contributed by atoms with Gasteiger partial charge in [0.25, 0.3) is 0 Å². The predicted octanol–water partition coefficient (Wildman–Crippen LogP) is -2.88. The van der Waals surface area contributed by atoms with E-state index in [1.165, 1.54) is 19.4 Å². The number of H-pyrrole nitrogens is 1. The number of aliphatic hydroxyl groups is 1. The van der Waals surface area contributed by atoms with Crippen LogP contribution in [0.25, 0.3) is 0 Å². The van der Waals surface area contributed by atoms with Crippen LogP contribution in [-0.4, -0.2) is 80.1 Å². The molecule has 0 radical (unpaired) electrons. The van der Waals surface area contributed by atoms with Crippen molar-refractivity contribution in [2.24, 2.45) is 17.4 Å². The maximum Gasteiger partial charge on any atom is 0.326 e.